The number of carbonyl (C=O) groups excluding carboxylic acids is 1. The molecule has 0 spiro atoms. The molecule has 1 amide bonds. The molecule has 0 aliphatic carbocycles. The number of hydrazone groups is 1. The fourth-order valence-electron chi connectivity index (χ4n) is 3.08. The van der Waals surface area contributed by atoms with Crippen LogP contribution in [0.3, 0.4) is 0 Å². The molecule has 0 aromatic heterocycles. The molecule has 7 nitrogen and oxygen atoms in total. The molecule has 174 valence electrons. The molecule has 0 bridgehead atoms. The van der Waals surface area contributed by atoms with Crippen molar-refractivity contribution in [1.82, 2.24) is 5.43 Å². The third-order valence-corrected chi connectivity index (χ3v) is 5.18. The van der Waals surface area contributed by atoms with Crippen LogP contribution in [-0.4, -0.2) is 23.8 Å². The number of nitrogens with zero attached hydrogens (tertiary/aromatic N) is 3. The molecule has 4 aromatic carbocycles. The van der Waals surface area contributed by atoms with Crippen molar-refractivity contribution >= 4 is 35.1 Å². The molecule has 0 saturated heterocycles. The van der Waals surface area contributed by atoms with Crippen LogP contribution in [0.4, 0.5) is 11.4 Å². The van der Waals surface area contributed by atoms with E-state index in [2.05, 4.69) is 20.8 Å². The average molecular weight is 485 g/mol. The Labute approximate surface area is 207 Å². The molecule has 4 rings (SSSR count). The molecular formula is C27H21ClN4O3. The van der Waals surface area contributed by atoms with Gasteiger partial charge in [-0.1, -0.05) is 66.2 Å². The maximum absolute atomic E-state index is 12.1. The second-order valence-corrected chi connectivity index (χ2v) is 7.77. The van der Waals surface area contributed by atoms with Gasteiger partial charge in [-0.05, 0) is 53.6 Å². The number of ether oxygens (including phenoxy) is 1. The minimum absolute atomic E-state index is 0.0190. The molecule has 35 heavy (non-hydrogen) atoms. The van der Waals surface area contributed by atoms with E-state index < -0.39 is 5.91 Å². The van der Waals surface area contributed by atoms with Gasteiger partial charge in [-0.3, -0.25) is 4.79 Å². The first-order valence-corrected chi connectivity index (χ1v) is 11.1. The quantitative estimate of drug-likeness (QED) is 0.166. The summed E-state index contributed by atoms with van der Waals surface area (Å²) >= 11 is 6.08. The Balaban J connectivity index is 1.30. The molecule has 4 aromatic rings. The lowest BCUT2D eigenvalue weighted by molar-refractivity contribution is -0.123. The number of halogens is 1. The molecule has 8 heteroatoms. The van der Waals surface area contributed by atoms with E-state index in [9.17, 15) is 9.90 Å². The second-order valence-electron chi connectivity index (χ2n) is 7.37. The summed E-state index contributed by atoms with van der Waals surface area (Å²) < 4.78 is 5.51. The Bertz CT molecular complexity index is 1360. The third-order valence-electron chi connectivity index (χ3n) is 4.86. The number of phenolic OH excluding ortho intramolecular Hbond substituents is 1. The van der Waals surface area contributed by atoms with Crippen molar-refractivity contribution in [3.63, 3.8) is 0 Å². The van der Waals surface area contributed by atoms with E-state index in [-0.39, 0.29) is 12.4 Å². The number of nitrogens with one attached hydrogen (secondary N) is 1. The minimum atomic E-state index is -0.442. The number of aromatic hydroxyl groups is 1. The van der Waals surface area contributed by atoms with E-state index in [1.54, 1.807) is 48.5 Å². The number of hydrogen-bond acceptors (Lipinski definition) is 6. The smallest absolute Gasteiger partial charge is 0.277 e. The first-order valence-electron chi connectivity index (χ1n) is 10.7. The Hall–Kier alpha value is -4.49. The van der Waals surface area contributed by atoms with Crippen molar-refractivity contribution in [2.75, 3.05) is 6.61 Å². The molecule has 0 atom stereocenters. The maximum atomic E-state index is 12.1. The van der Waals surface area contributed by atoms with E-state index in [0.29, 0.717) is 27.7 Å². The highest BCUT2D eigenvalue weighted by Crippen LogP contribution is 2.28. The van der Waals surface area contributed by atoms with E-state index in [4.69, 9.17) is 16.3 Å². The Morgan fingerprint density at radius 1 is 0.886 bits per heavy atom. The van der Waals surface area contributed by atoms with Crippen LogP contribution >= 0.6 is 11.6 Å². The van der Waals surface area contributed by atoms with Crippen LogP contribution < -0.4 is 10.2 Å². The summed E-state index contributed by atoms with van der Waals surface area (Å²) in [6, 6.07) is 29.2. The van der Waals surface area contributed by atoms with Crippen molar-refractivity contribution in [2.45, 2.75) is 0 Å². The molecule has 0 heterocycles. The van der Waals surface area contributed by atoms with Crippen LogP contribution in [-0.2, 0) is 4.79 Å². The number of carbonyl (C=O) groups is 1. The molecule has 0 fully saturated rings. The lowest BCUT2D eigenvalue weighted by Crippen LogP contribution is -2.24. The zero-order valence-electron chi connectivity index (χ0n) is 18.5. The number of phenols is 1. The fourth-order valence-corrected chi connectivity index (χ4v) is 3.25. The fraction of sp³-hybridized carbons (Fsp3) is 0.0370. The highest BCUT2D eigenvalue weighted by atomic mass is 35.5. The summed E-state index contributed by atoms with van der Waals surface area (Å²) in [5, 5.41) is 22.7. The summed E-state index contributed by atoms with van der Waals surface area (Å²) in [5.41, 5.74) is 5.90. The largest absolute Gasteiger partial charge is 0.507 e. The summed E-state index contributed by atoms with van der Waals surface area (Å²) in [4.78, 5) is 12.1. The highest BCUT2D eigenvalue weighted by molar-refractivity contribution is 6.32. The predicted molar refractivity (Wildman–Crippen MR) is 137 cm³/mol. The van der Waals surface area contributed by atoms with Crippen molar-refractivity contribution in [1.29, 1.82) is 0 Å². The van der Waals surface area contributed by atoms with Gasteiger partial charge in [0.2, 0.25) is 0 Å². The van der Waals surface area contributed by atoms with Crippen molar-refractivity contribution < 1.29 is 14.6 Å². The lowest BCUT2D eigenvalue weighted by Gasteiger charge is -2.07. The van der Waals surface area contributed by atoms with Gasteiger partial charge < -0.3 is 9.84 Å². The van der Waals surface area contributed by atoms with Crippen LogP contribution in [0.1, 0.15) is 5.56 Å². The van der Waals surface area contributed by atoms with E-state index in [1.807, 2.05) is 42.5 Å². The summed E-state index contributed by atoms with van der Waals surface area (Å²) in [7, 11) is 0. The Morgan fingerprint density at radius 3 is 2.37 bits per heavy atom. The van der Waals surface area contributed by atoms with Gasteiger partial charge in [0.25, 0.3) is 5.91 Å². The van der Waals surface area contributed by atoms with Gasteiger partial charge >= 0.3 is 0 Å². The standard InChI is InChI=1S/C27H21ClN4O3/c28-24-8-4-5-9-25(24)31-30-22-12-15-26(33)21(16-22)17-29-32-27(34)18-35-23-13-10-20(11-14-23)19-6-2-1-3-7-19/h1-17,33H,18H2,(H,32,34)/b29-17-,31-30?. The summed E-state index contributed by atoms with van der Waals surface area (Å²) in [5.74, 6) is 0.106. The van der Waals surface area contributed by atoms with E-state index in [0.717, 1.165) is 11.1 Å². The SMILES string of the molecule is O=C(COc1ccc(-c2ccccc2)cc1)N/N=C\c1cc(N=Nc2ccccc2Cl)ccc1O. The van der Waals surface area contributed by atoms with Gasteiger partial charge in [-0.2, -0.15) is 10.2 Å². The van der Waals surface area contributed by atoms with Crippen LogP contribution in [0.5, 0.6) is 11.5 Å². The van der Waals surface area contributed by atoms with Gasteiger partial charge in [-0.25, -0.2) is 5.43 Å². The highest BCUT2D eigenvalue weighted by Gasteiger charge is 2.04. The van der Waals surface area contributed by atoms with Gasteiger partial charge in [0.05, 0.1) is 16.9 Å². The zero-order valence-corrected chi connectivity index (χ0v) is 19.3. The normalized spacial score (nSPS) is 11.1. The molecule has 0 aliphatic rings. The number of hydrogen-bond donors (Lipinski definition) is 2. The topological polar surface area (TPSA) is 95.6 Å². The number of azo groups is 1. The van der Waals surface area contributed by atoms with Crippen LogP contribution in [0, 0.1) is 0 Å². The number of benzene rings is 4. The summed E-state index contributed by atoms with van der Waals surface area (Å²) in [6.07, 6.45) is 1.32. The second kappa shape index (κ2) is 11.6. The third kappa shape index (κ3) is 6.75. The minimum Gasteiger partial charge on any atom is -0.507 e. The van der Waals surface area contributed by atoms with Crippen molar-refractivity contribution in [2.24, 2.45) is 15.3 Å². The van der Waals surface area contributed by atoms with E-state index in [1.165, 1.54) is 12.3 Å². The zero-order chi connectivity index (χ0) is 24.5. The summed E-state index contributed by atoms with van der Waals surface area (Å²) in [6.45, 7) is -0.208. The molecule has 0 unspecified atom stereocenters. The molecular weight excluding hydrogens is 464 g/mol. The van der Waals surface area contributed by atoms with Crippen molar-refractivity contribution in [3.8, 4) is 22.6 Å². The molecule has 2 N–H and O–H groups in total. The Morgan fingerprint density at radius 2 is 1.60 bits per heavy atom. The van der Waals surface area contributed by atoms with Crippen molar-refractivity contribution in [3.05, 3.63) is 108 Å². The molecule has 0 radical (unpaired) electrons. The first kappa shape index (κ1) is 23.7. The number of rotatable bonds is 8. The monoisotopic (exact) mass is 484 g/mol. The first-order chi connectivity index (χ1) is 17.1. The molecule has 0 saturated carbocycles. The predicted octanol–water partition coefficient (Wildman–Crippen LogP) is 6.66. The average Bonchev–Trinajstić information content (AvgIpc) is 2.89. The molecule has 0 aliphatic heterocycles. The Kier molecular flexibility index (Phi) is 7.83. The van der Waals surface area contributed by atoms with Gasteiger partial charge in [0, 0.05) is 5.56 Å². The van der Waals surface area contributed by atoms with Gasteiger partial charge in [-0.15, -0.1) is 5.11 Å². The van der Waals surface area contributed by atoms with Gasteiger partial charge in [0.1, 0.15) is 17.2 Å². The van der Waals surface area contributed by atoms with Crippen LogP contribution in [0.25, 0.3) is 11.1 Å². The lowest BCUT2D eigenvalue weighted by atomic mass is 10.1. The van der Waals surface area contributed by atoms with E-state index >= 15 is 0 Å². The van der Waals surface area contributed by atoms with Crippen LogP contribution in [0.2, 0.25) is 5.02 Å². The number of amides is 1. The van der Waals surface area contributed by atoms with Crippen LogP contribution in [0.15, 0.2) is 112 Å². The van der Waals surface area contributed by atoms with Gasteiger partial charge in [0.15, 0.2) is 6.61 Å². The maximum Gasteiger partial charge on any atom is 0.277 e.